The molecule has 2 heterocycles. The van der Waals surface area contributed by atoms with E-state index in [4.69, 9.17) is 4.42 Å². The first kappa shape index (κ1) is 12.3. The van der Waals surface area contributed by atoms with E-state index >= 15 is 0 Å². The fourth-order valence-corrected chi connectivity index (χ4v) is 1.80. The summed E-state index contributed by atoms with van der Waals surface area (Å²) in [6.45, 7) is 4.78. The van der Waals surface area contributed by atoms with Gasteiger partial charge in [-0.1, -0.05) is 0 Å². The lowest BCUT2D eigenvalue weighted by molar-refractivity contribution is -0.135. The van der Waals surface area contributed by atoms with Crippen LogP contribution in [0.25, 0.3) is 0 Å². The second-order valence-electron chi connectivity index (χ2n) is 4.72. The molecular formula is C12H14N2O4. The van der Waals surface area contributed by atoms with E-state index in [1.165, 1.54) is 13.0 Å². The van der Waals surface area contributed by atoms with Crippen LogP contribution in [0.15, 0.2) is 16.5 Å². The van der Waals surface area contributed by atoms with Gasteiger partial charge < -0.3 is 9.32 Å². The van der Waals surface area contributed by atoms with Gasteiger partial charge in [-0.15, -0.1) is 0 Å². The Hall–Kier alpha value is -2.11. The van der Waals surface area contributed by atoms with E-state index in [0.717, 1.165) is 0 Å². The van der Waals surface area contributed by atoms with E-state index in [1.807, 2.05) is 0 Å². The van der Waals surface area contributed by atoms with Gasteiger partial charge >= 0.3 is 0 Å². The summed E-state index contributed by atoms with van der Waals surface area (Å²) in [5, 5.41) is 2.27. The topological polar surface area (TPSA) is 79.6 Å². The highest BCUT2D eigenvalue weighted by Crippen LogP contribution is 2.28. The minimum absolute atomic E-state index is 0.0175. The summed E-state index contributed by atoms with van der Waals surface area (Å²) in [5.41, 5.74) is -0.903. The van der Waals surface area contributed by atoms with Crippen molar-refractivity contribution < 1.29 is 18.8 Å². The molecule has 0 spiro atoms. The fraction of sp³-hybridized carbons (Fsp3) is 0.417. The largest absolute Gasteiger partial charge is 0.437 e. The minimum atomic E-state index is -0.903. The Bertz CT molecular complexity index is 530. The van der Waals surface area contributed by atoms with Gasteiger partial charge in [-0.2, -0.15) is 0 Å². The predicted molar refractivity (Wildman–Crippen MR) is 63.3 cm³/mol. The Morgan fingerprint density at radius 1 is 1.39 bits per heavy atom. The number of ketones is 1. The number of carbonyl (C=O) groups excluding carboxylic acids is 3. The van der Waals surface area contributed by atoms with Crippen LogP contribution in [0.3, 0.4) is 0 Å². The summed E-state index contributed by atoms with van der Waals surface area (Å²) in [5.74, 6) is -0.431. The average molecular weight is 250 g/mol. The highest BCUT2D eigenvalue weighted by atomic mass is 16.4. The molecule has 0 saturated carbocycles. The number of amides is 2. The van der Waals surface area contributed by atoms with E-state index in [0.29, 0.717) is 5.88 Å². The molecule has 0 aromatic carbocycles. The lowest BCUT2D eigenvalue weighted by atomic mass is 9.99. The Labute approximate surface area is 104 Å². The van der Waals surface area contributed by atoms with Crippen LogP contribution in [0.4, 0.5) is 5.88 Å². The van der Waals surface area contributed by atoms with Crippen LogP contribution in [0.1, 0.15) is 31.3 Å². The second kappa shape index (κ2) is 3.97. The molecule has 1 aliphatic heterocycles. The zero-order valence-electron chi connectivity index (χ0n) is 10.4. The minimum Gasteiger partial charge on any atom is -0.437 e. The maximum atomic E-state index is 11.8. The molecule has 1 fully saturated rings. The summed E-state index contributed by atoms with van der Waals surface area (Å²) in [6, 6.07) is 3.12. The van der Waals surface area contributed by atoms with Crippen molar-refractivity contribution in [1.82, 2.24) is 5.32 Å². The number of hydrogen-bond acceptors (Lipinski definition) is 5. The van der Waals surface area contributed by atoms with Gasteiger partial charge in [0.1, 0.15) is 12.1 Å². The number of nitrogens with one attached hydrogen (secondary N) is 1. The molecule has 1 N–H and O–H groups in total. The van der Waals surface area contributed by atoms with Gasteiger partial charge in [0, 0.05) is 13.0 Å². The van der Waals surface area contributed by atoms with Gasteiger partial charge in [0.05, 0.1) is 0 Å². The first-order chi connectivity index (χ1) is 8.32. The third-order valence-corrected chi connectivity index (χ3v) is 2.99. The van der Waals surface area contributed by atoms with Crippen LogP contribution in [-0.4, -0.2) is 29.7 Å². The summed E-state index contributed by atoms with van der Waals surface area (Å²) in [6.07, 6.45) is 0. The number of nitrogens with zero attached hydrogens (tertiary/aromatic N) is 1. The molecule has 18 heavy (non-hydrogen) atoms. The van der Waals surface area contributed by atoms with Gasteiger partial charge in [0.15, 0.2) is 17.4 Å². The van der Waals surface area contributed by atoms with Gasteiger partial charge in [0.2, 0.25) is 5.91 Å². The first-order valence-corrected chi connectivity index (χ1v) is 5.55. The molecule has 1 saturated heterocycles. The molecule has 96 valence electrons. The third-order valence-electron chi connectivity index (χ3n) is 2.99. The van der Waals surface area contributed by atoms with E-state index in [1.54, 1.807) is 24.8 Å². The molecule has 0 unspecified atom stereocenters. The van der Waals surface area contributed by atoms with Crippen molar-refractivity contribution >= 4 is 23.5 Å². The molecule has 0 aliphatic carbocycles. The molecule has 2 rings (SSSR count). The van der Waals surface area contributed by atoms with Gasteiger partial charge in [0.25, 0.3) is 5.91 Å². The average Bonchev–Trinajstić information content (AvgIpc) is 2.72. The number of piperazine rings is 1. The van der Waals surface area contributed by atoms with E-state index < -0.39 is 5.54 Å². The van der Waals surface area contributed by atoms with Gasteiger partial charge in [-0.25, -0.2) is 0 Å². The number of furan rings is 1. The van der Waals surface area contributed by atoms with E-state index in [2.05, 4.69) is 5.32 Å². The van der Waals surface area contributed by atoms with Crippen LogP contribution in [0.5, 0.6) is 0 Å². The molecular weight excluding hydrogens is 236 g/mol. The molecule has 6 nitrogen and oxygen atoms in total. The fourth-order valence-electron chi connectivity index (χ4n) is 1.80. The zero-order valence-corrected chi connectivity index (χ0v) is 10.4. The normalized spacial score (nSPS) is 18.7. The Morgan fingerprint density at radius 3 is 2.61 bits per heavy atom. The third kappa shape index (κ3) is 1.90. The smallest absolute Gasteiger partial charge is 0.252 e. The summed E-state index contributed by atoms with van der Waals surface area (Å²) >= 11 is 0. The standard InChI is InChI=1S/C12H14N2O4/c1-7(15)8-4-5-10(18-8)14-6-9(16)13-11(17)12(14,2)3/h4-5H,6H2,1-3H3,(H,13,16,17). The zero-order chi connectivity index (χ0) is 13.5. The highest BCUT2D eigenvalue weighted by molar-refractivity contribution is 6.06. The lowest BCUT2D eigenvalue weighted by Crippen LogP contribution is -2.64. The van der Waals surface area contributed by atoms with Crippen molar-refractivity contribution in [2.45, 2.75) is 26.3 Å². The summed E-state index contributed by atoms with van der Waals surface area (Å²) in [4.78, 5) is 35.9. The number of hydrogen-bond donors (Lipinski definition) is 1. The first-order valence-electron chi connectivity index (χ1n) is 5.55. The number of imide groups is 1. The maximum absolute atomic E-state index is 11.8. The van der Waals surface area contributed by atoms with Gasteiger partial charge in [-0.05, 0) is 19.9 Å². The van der Waals surface area contributed by atoms with Crippen molar-refractivity contribution in [3.63, 3.8) is 0 Å². The molecule has 0 radical (unpaired) electrons. The molecule has 2 amide bonds. The summed E-state index contributed by atoms with van der Waals surface area (Å²) in [7, 11) is 0. The quantitative estimate of drug-likeness (QED) is 0.618. The second-order valence-corrected chi connectivity index (χ2v) is 4.72. The number of carbonyl (C=O) groups is 3. The molecule has 6 heteroatoms. The van der Waals surface area contributed by atoms with Crippen molar-refractivity contribution in [1.29, 1.82) is 0 Å². The van der Waals surface area contributed by atoms with E-state index in [-0.39, 0.29) is 29.9 Å². The highest BCUT2D eigenvalue weighted by Gasteiger charge is 2.42. The Morgan fingerprint density at radius 2 is 2.06 bits per heavy atom. The van der Waals surface area contributed by atoms with Crippen molar-refractivity contribution in [3.05, 3.63) is 17.9 Å². The Balaban J connectivity index is 2.37. The maximum Gasteiger partial charge on any atom is 0.252 e. The van der Waals surface area contributed by atoms with Crippen molar-refractivity contribution in [2.24, 2.45) is 0 Å². The molecule has 0 atom stereocenters. The summed E-state index contributed by atoms with van der Waals surface area (Å²) < 4.78 is 5.36. The number of Topliss-reactive ketones (excluding diaryl/α,β-unsaturated/α-hetero) is 1. The molecule has 1 aliphatic rings. The van der Waals surface area contributed by atoms with Crippen LogP contribution in [0.2, 0.25) is 0 Å². The van der Waals surface area contributed by atoms with Crippen molar-refractivity contribution in [3.8, 4) is 0 Å². The predicted octanol–water partition coefficient (Wildman–Crippen LogP) is 0.724. The SMILES string of the molecule is CC(=O)c1ccc(N2CC(=O)NC(=O)C2(C)C)o1. The monoisotopic (exact) mass is 250 g/mol. The Kier molecular flexibility index (Phi) is 2.73. The van der Waals surface area contributed by atoms with Crippen LogP contribution in [0, 0.1) is 0 Å². The van der Waals surface area contributed by atoms with Crippen molar-refractivity contribution in [2.75, 3.05) is 11.4 Å². The van der Waals surface area contributed by atoms with Gasteiger partial charge in [-0.3, -0.25) is 19.7 Å². The molecule has 1 aromatic heterocycles. The van der Waals surface area contributed by atoms with Crippen LogP contribution < -0.4 is 10.2 Å². The number of anilines is 1. The van der Waals surface area contributed by atoms with Crippen LogP contribution >= 0.6 is 0 Å². The van der Waals surface area contributed by atoms with E-state index in [9.17, 15) is 14.4 Å². The molecule has 0 bridgehead atoms. The molecule has 1 aromatic rings. The van der Waals surface area contributed by atoms with Crippen LogP contribution in [-0.2, 0) is 9.59 Å². The lowest BCUT2D eigenvalue weighted by Gasteiger charge is -2.39. The number of rotatable bonds is 2.